The van der Waals surface area contributed by atoms with E-state index in [9.17, 15) is 13.2 Å². The van der Waals surface area contributed by atoms with Crippen molar-refractivity contribution < 1.29 is 23.2 Å². The van der Waals surface area contributed by atoms with Crippen molar-refractivity contribution in [3.63, 3.8) is 0 Å². The number of sulfonamides is 1. The van der Waals surface area contributed by atoms with E-state index in [-0.39, 0.29) is 11.3 Å². The summed E-state index contributed by atoms with van der Waals surface area (Å²) in [4.78, 5) is 11.9. The molecule has 1 aliphatic rings. The lowest BCUT2D eigenvalue weighted by atomic mass is 9.80. The third-order valence-corrected chi connectivity index (χ3v) is 7.47. The predicted octanol–water partition coefficient (Wildman–Crippen LogP) is 4.51. The minimum Gasteiger partial charge on any atom is -0.457 e. The summed E-state index contributed by atoms with van der Waals surface area (Å²) in [5.41, 5.74) is 0.715. The maximum absolute atomic E-state index is 13.0. The Bertz CT molecular complexity index is 1200. The number of rotatable bonds is 7. The highest BCUT2D eigenvalue weighted by Gasteiger charge is 2.38. The second kappa shape index (κ2) is 9.28. The average molecular weight is 455 g/mol. The molecule has 0 bridgehead atoms. The van der Waals surface area contributed by atoms with Gasteiger partial charge in [-0.1, -0.05) is 49.6 Å². The molecule has 0 saturated heterocycles. The van der Waals surface area contributed by atoms with Gasteiger partial charge in [0.15, 0.2) is 0 Å². The molecule has 4 rings (SSSR count). The fourth-order valence-electron chi connectivity index (χ4n) is 4.29. The molecule has 1 fully saturated rings. The van der Waals surface area contributed by atoms with Crippen LogP contribution in [0.5, 0.6) is 11.5 Å². The van der Waals surface area contributed by atoms with E-state index in [1.54, 1.807) is 17.6 Å². The van der Waals surface area contributed by atoms with Crippen LogP contribution in [0.25, 0.3) is 10.8 Å². The zero-order chi connectivity index (χ0) is 22.6. The third kappa shape index (κ3) is 5.09. The Balaban J connectivity index is 1.50. The van der Waals surface area contributed by atoms with Gasteiger partial charge in [-0.05, 0) is 60.0 Å². The fourth-order valence-corrected chi connectivity index (χ4v) is 5.75. The molecule has 7 nitrogen and oxygen atoms in total. The first-order chi connectivity index (χ1) is 15.4. The fraction of sp³-hybridized carbons (Fsp3) is 0.292. The minimum atomic E-state index is -3.86. The highest BCUT2D eigenvalue weighted by molar-refractivity contribution is 7.89. The molecule has 0 heterocycles. The van der Waals surface area contributed by atoms with E-state index in [0.29, 0.717) is 24.3 Å². The van der Waals surface area contributed by atoms with Gasteiger partial charge in [0.05, 0.1) is 4.90 Å². The molecule has 8 heteroatoms. The molecule has 0 aliphatic heterocycles. The van der Waals surface area contributed by atoms with Crippen LogP contribution in [-0.4, -0.2) is 25.1 Å². The van der Waals surface area contributed by atoms with Crippen molar-refractivity contribution in [1.29, 1.82) is 0 Å². The Hall–Kier alpha value is -2.94. The van der Waals surface area contributed by atoms with E-state index < -0.39 is 21.5 Å². The van der Waals surface area contributed by atoms with Crippen molar-refractivity contribution in [2.24, 2.45) is 0 Å². The molecule has 0 radical (unpaired) electrons. The van der Waals surface area contributed by atoms with Crippen LogP contribution in [0.3, 0.4) is 0 Å². The first-order valence-electron chi connectivity index (χ1n) is 10.6. The van der Waals surface area contributed by atoms with Crippen LogP contribution in [0.1, 0.15) is 38.5 Å². The molecule has 3 aromatic carbocycles. The van der Waals surface area contributed by atoms with Crippen molar-refractivity contribution in [3.8, 4) is 11.5 Å². The maximum Gasteiger partial charge on any atom is 0.245 e. The first kappa shape index (κ1) is 22.3. The standard InChI is InChI=1S/C24H26N2O5S/c27-23(25-28)17-24(14-4-1-5-15-24)26-32(29,30)22-12-10-20(11-13-22)31-21-9-8-18-6-2-3-7-19(18)16-21/h2-3,6-13,16,26,28H,1,4-5,14-15,17H2,(H,25,27). The van der Waals surface area contributed by atoms with E-state index in [1.807, 2.05) is 42.5 Å². The van der Waals surface area contributed by atoms with Crippen molar-refractivity contribution in [2.75, 3.05) is 0 Å². The summed E-state index contributed by atoms with van der Waals surface area (Å²) in [5, 5.41) is 11.1. The van der Waals surface area contributed by atoms with E-state index >= 15 is 0 Å². The highest BCUT2D eigenvalue weighted by atomic mass is 32.2. The van der Waals surface area contributed by atoms with Gasteiger partial charge in [-0.15, -0.1) is 0 Å². The summed E-state index contributed by atoms with van der Waals surface area (Å²) in [7, 11) is -3.86. The molecule has 1 aliphatic carbocycles. The number of amides is 1. The first-order valence-corrected chi connectivity index (χ1v) is 12.1. The van der Waals surface area contributed by atoms with Gasteiger partial charge in [-0.3, -0.25) is 10.0 Å². The second-order valence-corrected chi connectivity index (χ2v) is 9.92. The van der Waals surface area contributed by atoms with Crippen LogP contribution in [-0.2, 0) is 14.8 Å². The van der Waals surface area contributed by atoms with Crippen LogP contribution in [0.15, 0.2) is 71.6 Å². The lowest BCUT2D eigenvalue weighted by Crippen LogP contribution is -2.52. The topological polar surface area (TPSA) is 105 Å². The molecule has 168 valence electrons. The van der Waals surface area contributed by atoms with Gasteiger partial charge in [-0.2, -0.15) is 0 Å². The molecule has 1 amide bonds. The van der Waals surface area contributed by atoms with Gasteiger partial charge >= 0.3 is 0 Å². The molecule has 3 aromatic rings. The number of hydrogen-bond donors (Lipinski definition) is 3. The van der Waals surface area contributed by atoms with Crippen molar-refractivity contribution in [1.82, 2.24) is 10.2 Å². The summed E-state index contributed by atoms with van der Waals surface area (Å²) in [5.74, 6) is 0.577. The van der Waals surface area contributed by atoms with Gasteiger partial charge in [0.25, 0.3) is 0 Å². The molecule has 0 aromatic heterocycles. The summed E-state index contributed by atoms with van der Waals surface area (Å²) >= 11 is 0. The molecule has 0 spiro atoms. The number of hydroxylamine groups is 1. The second-order valence-electron chi connectivity index (χ2n) is 8.24. The van der Waals surface area contributed by atoms with Gasteiger partial charge < -0.3 is 4.74 Å². The van der Waals surface area contributed by atoms with E-state index in [0.717, 1.165) is 30.0 Å². The number of benzene rings is 3. The molecular weight excluding hydrogens is 428 g/mol. The molecule has 3 N–H and O–H groups in total. The van der Waals surface area contributed by atoms with Crippen LogP contribution < -0.4 is 14.9 Å². The molecule has 1 saturated carbocycles. The SMILES string of the molecule is O=C(CC1(NS(=O)(=O)c2ccc(Oc3ccc4ccccc4c3)cc2)CCCCC1)NO. The number of carbonyl (C=O) groups is 1. The number of ether oxygens (including phenoxy) is 1. The van der Waals surface area contributed by atoms with Crippen LogP contribution >= 0.6 is 0 Å². The Morgan fingerprint density at radius 3 is 2.25 bits per heavy atom. The quantitative estimate of drug-likeness (QED) is 0.360. The van der Waals surface area contributed by atoms with Gasteiger partial charge in [0.1, 0.15) is 11.5 Å². The predicted molar refractivity (Wildman–Crippen MR) is 121 cm³/mol. The summed E-state index contributed by atoms with van der Waals surface area (Å²) < 4.78 is 34.7. The maximum atomic E-state index is 13.0. The van der Waals surface area contributed by atoms with E-state index in [1.165, 1.54) is 12.1 Å². The zero-order valence-corrected chi connectivity index (χ0v) is 18.4. The van der Waals surface area contributed by atoms with Crippen LogP contribution in [0, 0.1) is 0 Å². The number of nitrogens with one attached hydrogen (secondary N) is 2. The highest BCUT2D eigenvalue weighted by Crippen LogP contribution is 2.33. The number of hydrogen-bond acceptors (Lipinski definition) is 5. The lowest BCUT2D eigenvalue weighted by Gasteiger charge is -2.37. The summed E-state index contributed by atoms with van der Waals surface area (Å²) in [6, 6.07) is 19.9. The molecule has 0 unspecified atom stereocenters. The van der Waals surface area contributed by atoms with E-state index in [4.69, 9.17) is 9.94 Å². The normalized spacial score (nSPS) is 15.9. The Morgan fingerprint density at radius 1 is 0.906 bits per heavy atom. The smallest absolute Gasteiger partial charge is 0.245 e. The Kier molecular flexibility index (Phi) is 6.45. The van der Waals surface area contributed by atoms with E-state index in [2.05, 4.69) is 4.72 Å². The Morgan fingerprint density at radius 2 is 1.56 bits per heavy atom. The monoisotopic (exact) mass is 454 g/mol. The third-order valence-electron chi connectivity index (χ3n) is 5.88. The summed E-state index contributed by atoms with van der Waals surface area (Å²) in [6.45, 7) is 0. The van der Waals surface area contributed by atoms with Crippen molar-refractivity contribution in [3.05, 3.63) is 66.7 Å². The lowest BCUT2D eigenvalue weighted by molar-refractivity contribution is -0.130. The van der Waals surface area contributed by atoms with Gasteiger partial charge in [0.2, 0.25) is 15.9 Å². The van der Waals surface area contributed by atoms with Crippen LogP contribution in [0.4, 0.5) is 0 Å². The molecule has 32 heavy (non-hydrogen) atoms. The van der Waals surface area contributed by atoms with Gasteiger partial charge in [-0.25, -0.2) is 18.6 Å². The van der Waals surface area contributed by atoms with Crippen molar-refractivity contribution in [2.45, 2.75) is 49.0 Å². The molecule has 0 atom stereocenters. The minimum absolute atomic E-state index is 0.0951. The Labute approximate surface area is 187 Å². The largest absolute Gasteiger partial charge is 0.457 e. The number of carbonyl (C=O) groups excluding carboxylic acids is 1. The van der Waals surface area contributed by atoms with Crippen molar-refractivity contribution >= 4 is 26.7 Å². The molecular formula is C24H26N2O5S. The zero-order valence-electron chi connectivity index (χ0n) is 17.6. The summed E-state index contributed by atoms with van der Waals surface area (Å²) in [6.07, 6.45) is 3.61. The average Bonchev–Trinajstić information content (AvgIpc) is 2.79. The number of fused-ring (bicyclic) bond motifs is 1. The van der Waals surface area contributed by atoms with Gasteiger partial charge in [0, 0.05) is 12.0 Å². The van der Waals surface area contributed by atoms with Crippen LogP contribution in [0.2, 0.25) is 0 Å².